The van der Waals surface area contributed by atoms with E-state index in [-0.39, 0.29) is 42.6 Å². The molecule has 22 heavy (non-hydrogen) atoms. The molecule has 1 N–H and O–H groups in total. The van der Waals surface area contributed by atoms with Crippen LogP contribution in [0.3, 0.4) is 0 Å². The molecule has 1 saturated heterocycles. The Morgan fingerprint density at radius 3 is 2.59 bits per heavy atom. The summed E-state index contributed by atoms with van der Waals surface area (Å²) < 4.78 is 5.28. The van der Waals surface area contributed by atoms with Gasteiger partial charge in [0.1, 0.15) is 0 Å². The largest absolute Gasteiger partial charge is 0.381 e. The number of nitrogens with zero attached hydrogens (tertiary/aromatic N) is 2. The van der Waals surface area contributed by atoms with Crippen molar-refractivity contribution in [2.45, 2.75) is 25.8 Å². The van der Waals surface area contributed by atoms with Gasteiger partial charge in [0, 0.05) is 30.3 Å². The van der Waals surface area contributed by atoms with E-state index in [1.807, 2.05) is 31.2 Å². The Balaban J connectivity index is 0.00000121. The molecule has 3 rings (SSSR count). The Morgan fingerprint density at radius 1 is 1.18 bits per heavy atom. The second kappa shape index (κ2) is 8.27. The summed E-state index contributed by atoms with van der Waals surface area (Å²) in [5.41, 5.74) is 1.63. The number of fused-ring (bicyclic) bond motifs is 1. The van der Waals surface area contributed by atoms with E-state index in [4.69, 9.17) is 4.74 Å². The van der Waals surface area contributed by atoms with Crippen LogP contribution in [0.2, 0.25) is 0 Å². The van der Waals surface area contributed by atoms with E-state index in [9.17, 15) is 4.79 Å². The number of hydrogen-bond acceptors (Lipinski definition) is 4. The molecule has 1 amide bonds. The molecule has 7 heteroatoms. The first-order valence-corrected chi connectivity index (χ1v) is 6.86. The fraction of sp³-hybridized carbons (Fsp3) is 0.400. The summed E-state index contributed by atoms with van der Waals surface area (Å²) in [6.45, 7) is 3.29. The number of para-hydroxylation sites is 1. The first-order valence-electron chi connectivity index (χ1n) is 6.86. The Kier molecular flexibility index (Phi) is 7.00. The zero-order valence-electron chi connectivity index (χ0n) is 12.2. The van der Waals surface area contributed by atoms with Crippen molar-refractivity contribution in [1.29, 1.82) is 0 Å². The molecule has 1 aromatic heterocycles. The fourth-order valence-corrected chi connectivity index (χ4v) is 2.43. The van der Waals surface area contributed by atoms with Gasteiger partial charge < -0.3 is 10.1 Å². The third-order valence-electron chi connectivity index (χ3n) is 3.55. The predicted molar refractivity (Wildman–Crippen MR) is 90.1 cm³/mol. The van der Waals surface area contributed by atoms with Gasteiger partial charge in [0.25, 0.3) is 5.91 Å². The predicted octanol–water partition coefficient (Wildman–Crippen LogP) is 2.69. The Hall–Kier alpha value is -1.43. The molecule has 120 valence electrons. The van der Waals surface area contributed by atoms with Crippen LogP contribution in [0.25, 0.3) is 10.9 Å². The summed E-state index contributed by atoms with van der Waals surface area (Å²) in [7, 11) is 0. The maximum absolute atomic E-state index is 12.2. The zero-order chi connectivity index (χ0) is 13.9. The molecule has 0 spiro atoms. The van der Waals surface area contributed by atoms with Crippen molar-refractivity contribution in [3.63, 3.8) is 0 Å². The average molecular weight is 344 g/mol. The standard InChI is InChI=1S/C15H17N3O2.2ClH/c1-10-12-4-2-3-5-13(12)18-14(16-10)15(19)17-11-6-8-20-9-7-11;;/h2-5,11H,6-9H2,1H3,(H,17,19);2*1H. The topological polar surface area (TPSA) is 64.1 Å². The number of hydrogen-bond donors (Lipinski definition) is 1. The number of nitrogens with one attached hydrogen (secondary N) is 1. The van der Waals surface area contributed by atoms with Crippen molar-refractivity contribution in [3.05, 3.63) is 35.8 Å². The van der Waals surface area contributed by atoms with Crippen LogP contribution in [-0.4, -0.2) is 35.1 Å². The van der Waals surface area contributed by atoms with Gasteiger partial charge in [0.15, 0.2) is 0 Å². The smallest absolute Gasteiger partial charge is 0.289 e. The zero-order valence-corrected chi connectivity index (χ0v) is 13.9. The lowest BCUT2D eigenvalue weighted by Gasteiger charge is -2.22. The number of aromatic nitrogens is 2. The van der Waals surface area contributed by atoms with Crippen LogP contribution >= 0.6 is 24.8 Å². The van der Waals surface area contributed by atoms with Gasteiger partial charge in [0.2, 0.25) is 5.82 Å². The second-order valence-corrected chi connectivity index (χ2v) is 5.01. The number of amides is 1. The molecule has 2 aromatic rings. The van der Waals surface area contributed by atoms with Crippen LogP contribution in [0.1, 0.15) is 29.2 Å². The molecule has 0 unspecified atom stereocenters. The van der Waals surface area contributed by atoms with Crippen molar-refractivity contribution < 1.29 is 9.53 Å². The summed E-state index contributed by atoms with van der Waals surface area (Å²) in [6.07, 6.45) is 1.69. The van der Waals surface area contributed by atoms with Crippen molar-refractivity contribution in [3.8, 4) is 0 Å². The molecule has 0 aliphatic carbocycles. The van der Waals surface area contributed by atoms with Crippen LogP contribution < -0.4 is 5.32 Å². The van der Waals surface area contributed by atoms with Crippen molar-refractivity contribution in [2.24, 2.45) is 0 Å². The molecule has 1 aromatic carbocycles. The molecule has 0 atom stereocenters. The van der Waals surface area contributed by atoms with Crippen LogP contribution in [0.5, 0.6) is 0 Å². The summed E-state index contributed by atoms with van der Waals surface area (Å²) in [5.74, 6) is 0.0402. The molecule has 2 heterocycles. The third kappa shape index (κ3) is 4.06. The number of carbonyl (C=O) groups is 1. The molecule has 0 saturated carbocycles. The minimum absolute atomic E-state index is 0. The number of carbonyl (C=O) groups excluding carboxylic acids is 1. The minimum atomic E-state index is -0.203. The van der Waals surface area contributed by atoms with Gasteiger partial charge in [-0.3, -0.25) is 4.79 Å². The summed E-state index contributed by atoms with van der Waals surface area (Å²) in [4.78, 5) is 20.9. The van der Waals surface area contributed by atoms with E-state index in [0.29, 0.717) is 13.2 Å². The minimum Gasteiger partial charge on any atom is -0.381 e. The lowest BCUT2D eigenvalue weighted by molar-refractivity contribution is 0.0691. The molecule has 1 fully saturated rings. The van der Waals surface area contributed by atoms with Crippen molar-refractivity contribution in [1.82, 2.24) is 15.3 Å². The highest BCUT2D eigenvalue weighted by Crippen LogP contribution is 2.15. The molecular weight excluding hydrogens is 325 g/mol. The van der Waals surface area contributed by atoms with Crippen molar-refractivity contribution >= 4 is 41.6 Å². The van der Waals surface area contributed by atoms with E-state index in [1.54, 1.807) is 0 Å². The molecule has 1 aliphatic rings. The molecule has 5 nitrogen and oxygen atoms in total. The SMILES string of the molecule is Cc1nc(C(=O)NC2CCOCC2)nc2ccccc12.Cl.Cl. The second-order valence-electron chi connectivity index (χ2n) is 5.01. The number of halogens is 2. The van der Waals surface area contributed by atoms with Gasteiger partial charge in [-0.2, -0.15) is 0 Å². The van der Waals surface area contributed by atoms with Crippen molar-refractivity contribution in [2.75, 3.05) is 13.2 Å². The van der Waals surface area contributed by atoms with E-state index >= 15 is 0 Å². The first kappa shape index (κ1) is 18.6. The summed E-state index contributed by atoms with van der Waals surface area (Å²) in [6, 6.07) is 7.88. The van der Waals surface area contributed by atoms with Crippen LogP contribution in [0, 0.1) is 6.92 Å². The van der Waals surface area contributed by atoms with E-state index in [1.165, 1.54) is 0 Å². The molecule has 0 bridgehead atoms. The van der Waals surface area contributed by atoms with E-state index < -0.39 is 0 Å². The quantitative estimate of drug-likeness (QED) is 0.910. The van der Waals surface area contributed by atoms with E-state index in [0.717, 1.165) is 29.4 Å². The molecule has 0 radical (unpaired) electrons. The number of aryl methyl sites for hydroxylation is 1. The Labute approximate surface area is 141 Å². The van der Waals surface area contributed by atoms with Gasteiger partial charge in [-0.15, -0.1) is 24.8 Å². The lowest BCUT2D eigenvalue weighted by Crippen LogP contribution is -2.39. The highest BCUT2D eigenvalue weighted by Gasteiger charge is 2.19. The van der Waals surface area contributed by atoms with Gasteiger partial charge in [-0.1, -0.05) is 18.2 Å². The highest BCUT2D eigenvalue weighted by molar-refractivity contribution is 5.93. The maximum atomic E-state index is 12.2. The normalized spacial score (nSPS) is 14.8. The summed E-state index contributed by atoms with van der Waals surface area (Å²) >= 11 is 0. The average Bonchev–Trinajstić information content (AvgIpc) is 2.48. The molecular formula is C15H19Cl2N3O2. The fourth-order valence-electron chi connectivity index (χ4n) is 2.43. The van der Waals surface area contributed by atoms with Crippen LogP contribution in [-0.2, 0) is 4.74 Å². The lowest BCUT2D eigenvalue weighted by atomic mass is 10.1. The monoisotopic (exact) mass is 343 g/mol. The third-order valence-corrected chi connectivity index (χ3v) is 3.55. The highest BCUT2D eigenvalue weighted by atomic mass is 35.5. The number of rotatable bonds is 2. The van der Waals surface area contributed by atoms with Gasteiger partial charge in [-0.05, 0) is 25.8 Å². The van der Waals surface area contributed by atoms with Crippen LogP contribution in [0.4, 0.5) is 0 Å². The molecule has 1 aliphatic heterocycles. The first-order chi connectivity index (χ1) is 9.74. The Bertz CT molecular complexity index is 646. The maximum Gasteiger partial charge on any atom is 0.289 e. The Morgan fingerprint density at radius 2 is 1.86 bits per heavy atom. The van der Waals surface area contributed by atoms with Gasteiger partial charge >= 0.3 is 0 Å². The van der Waals surface area contributed by atoms with Gasteiger partial charge in [-0.25, -0.2) is 9.97 Å². The number of benzene rings is 1. The van der Waals surface area contributed by atoms with E-state index in [2.05, 4.69) is 15.3 Å². The number of ether oxygens (including phenoxy) is 1. The summed E-state index contributed by atoms with van der Waals surface area (Å²) in [5, 5.41) is 3.96. The van der Waals surface area contributed by atoms with Gasteiger partial charge in [0.05, 0.1) is 5.52 Å². The van der Waals surface area contributed by atoms with Crippen LogP contribution in [0.15, 0.2) is 24.3 Å².